The van der Waals surface area contributed by atoms with Crippen LogP contribution in [-0.2, 0) is 16.6 Å². The molecule has 0 aliphatic carbocycles. The average Bonchev–Trinajstić information content (AvgIpc) is 2.88. The van der Waals surface area contributed by atoms with Crippen molar-refractivity contribution in [3.05, 3.63) is 65.9 Å². The molecular formula is C27H31N2O7+. The molecule has 1 amide bonds. The van der Waals surface area contributed by atoms with E-state index in [0.29, 0.717) is 11.5 Å². The molecule has 9 nitrogen and oxygen atoms in total. The Hall–Kier alpha value is -3.50. The minimum absolute atomic E-state index is 0.312. The SMILES string of the molecule is COc1cc(/C=C/c2ccc3ccccc3[n+]2C)ccc1O[C@@H]1O[C@H](CO)[C@@H](O)[C@H](O)[C@H]1NC(C)=O. The molecule has 0 saturated carbocycles. The first-order valence-corrected chi connectivity index (χ1v) is 11.6. The van der Waals surface area contributed by atoms with Crippen LogP contribution in [0.25, 0.3) is 23.1 Å². The number of benzene rings is 2. The number of methoxy groups -OCH3 is 1. The molecule has 1 saturated heterocycles. The number of aryl methyl sites for hydroxylation is 1. The maximum absolute atomic E-state index is 11.7. The number of aromatic nitrogens is 1. The number of amides is 1. The fraction of sp³-hybridized carbons (Fsp3) is 0.333. The number of pyridine rings is 1. The van der Waals surface area contributed by atoms with Crippen LogP contribution in [0.4, 0.5) is 0 Å². The van der Waals surface area contributed by atoms with Gasteiger partial charge >= 0.3 is 0 Å². The Bertz CT molecular complexity index is 1260. The molecule has 190 valence electrons. The zero-order valence-electron chi connectivity index (χ0n) is 20.4. The normalized spacial score (nSPS) is 24.1. The van der Waals surface area contributed by atoms with Crippen molar-refractivity contribution in [3.8, 4) is 11.5 Å². The predicted molar refractivity (Wildman–Crippen MR) is 133 cm³/mol. The summed E-state index contributed by atoms with van der Waals surface area (Å²) in [6, 6.07) is 16.5. The lowest BCUT2D eigenvalue weighted by Crippen LogP contribution is -2.65. The molecule has 5 atom stereocenters. The van der Waals surface area contributed by atoms with Crippen molar-refractivity contribution < 1.29 is 38.9 Å². The molecule has 3 aromatic rings. The summed E-state index contributed by atoms with van der Waals surface area (Å²) >= 11 is 0. The van der Waals surface area contributed by atoms with E-state index in [-0.39, 0.29) is 0 Å². The number of para-hydroxylation sites is 1. The van der Waals surface area contributed by atoms with E-state index in [4.69, 9.17) is 14.2 Å². The number of hydrogen-bond acceptors (Lipinski definition) is 7. The number of aliphatic hydroxyl groups excluding tert-OH is 3. The molecule has 0 bridgehead atoms. The van der Waals surface area contributed by atoms with Gasteiger partial charge in [0.1, 0.15) is 31.4 Å². The van der Waals surface area contributed by atoms with Gasteiger partial charge in [-0.2, -0.15) is 4.57 Å². The number of carbonyl (C=O) groups excluding carboxylic acids is 1. The lowest BCUT2D eigenvalue weighted by molar-refractivity contribution is -0.646. The highest BCUT2D eigenvalue weighted by atomic mass is 16.7. The van der Waals surface area contributed by atoms with E-state index in [2.05, 4.69) is 28.1 Å². The molecule has 9 heteroatoms. The predicted octanol–water partition coefficient (Wildman–Crippen LogP) is 1.17. The standard InChI is InChI=1S/C27H30N2O7/c1-16(31)28-24-26(33)25(32)23(15-30)36-27(24)35-21-13-9-17(14-22(21)34-3)8-11-19-12-10-18-6-4-5-7-20(18)29(19)2/h4-14,23-27,30,32-33H,15H2,1-3H3/p+1/b11-8+/t23-,24-,25-,26-,27-/m1/s1. The van der Waals surface area contributed by atoms with Gasteiger partial charge in [-0.05, 0) is 35.9 Å². The summed E-state index contributed by atoms with van der Waals surface area (Å²) in [5, 5.41) is 33.9. The number of hydrogen-bond donors (Lipinski definition) is 4. The molecule has 1 fully saturated rings. The minimum atomic E-state index is -1.40. The van der Waals surface area contributed by atoms with Crippen molar-refractivity contribution in [2.45, 2.75) is 37.6 Å². The van der Waals surface area contributed by atoms with Crippen molar-refractivity contribution in [1.29, 1.82) is 0 Å². The Morgan fingerprint density at radius 2 is 1.86 bits per heavy atom. The summed E-state index contributed by atoms with van der Waals surface area (Å²) in [5.41, 5.74) is 3.00. The van der Waals surface area contributed by atoms with Gasteiger partial charge in [0.25, 0.3) is 0 Å². The molecule has 2 heterocycles. The third-order valence-electron chi connectivity index (χ3n) is 6.25. The van der Waals surface area contributed by atoms with E-state index in [9.17, 15) is 20.1 Å². The highest BCUT2D eigenvalue weighted by Crippen LogP contribution is 2.32. The van der Waals surface area contributed by atoms with Gasteiger partial charge in [0.2, 0.25) is 23.4 Å². The van der Waals surface area contributed by atoms with E-state index in [1.165, 1.54) is 14.0 Å². The molecular weight excluding hydrogens is 464 g/mol. The maximum Gasteiger partial charge on any atom is 0.223 e. The summed E-state index contributed by atoms with van der Waals surface area (Å²) in [4.78, 5) is 11.7. The van der Waals surface area contributed by atoms with Crippen LogP contribution in [0.15, 0.2) is 54.6 Å². The van der Waals surface area contributed by atoms with Crippen LogP contribution in [0.2, 0.25) is 0 Å². The van der Waals surface area contributed by atoms with Crippen LogP contribution < -0.4 is 19.4 Å². The van der Waals surface area contributed by atoms with Gasteiger partial charge in [-0.15, -0.1) is 0 Å². The van der Waals surface area contributed by atoms with Gasteiger partial charge in [0.15, 0.2) is 11.5 Å². The monoisotopic (exact) mass is 495 g/mol. The fourth-order valence-electron chi connectivity index (χ4n) is 4.29. The smallest absolute Gasteiger partial charge is 0.223 e. The first-order chi connectivity index (χ1) is 17.3. The van der Waals surface area contributed by atoms with Crippen LogP contribution in [-0.4, -0.2) is 65.6 Å². The molecule has 1 aliphatic heterocycles. The zero-order valence-corrected chi connectivity index (χ0v) is 20.4. The summed E-state index contributed by atoms with van der Waals surface area (Å²) in [6.45, 7) is 0.753. The lowest BCUT2D eigenvalue weighted by atomic mass is 9.97. The second-order valence-electron chi connectivity index (χ2n) is 8.67. The summed E-state index contributed by atoms with van der Waals surface area (Å²) in [6.07, 6.45) is -1.08. The molecule has 1 aliphatic rings. The van der Waals surface area contributed by atoms with Gasteiger partial charge < -0.3 is 34.8 Å². The first kappa shape index (κ1) is 25.6. The summed E-state index contributed by atoms with van der Waals surface area (Å²) in [7, 11) is 3.52. The highest BCUT2D eigenvalue weighted by Gasteiger charge is 2.46. The number of nitrogens with one attached hydrogen (secondary N) is 1. The van der Waals surface area contributed by atoms with Crippen LogP contribution in [0, 0.1) is 0 Å². The molecule has 0 radical (unpaired) electrons. The molecule has 4 rings (SSSR count). The van der Waals surface area contributed by atoms with E-state index < -0.39 is 43.2 Å². The number of carbonyl (C=O) groups is 1. The molecule has 1 aromatic heterocycles. The van der Waals surface area contributed by atoms with Gasteiger partial charge in [-0.3, -0.25) is 4.79 Å². The number of fused-ring (bicyclic) bond motifs is 1. The molecule has 2 aromatic carbocycles. The van der Waals surface area contributed by atoms with Crippen molar-refractivity contribution >= 4 is 29.0 Å². The van der Waals surface area contributed by atoms with E-state index in [1.807, 2.05) is 43.5 Å². The second-order valence-corrected chi connectivity index (χ2v) is 8.67. The van der Waals surface area contributed by atoms with Crippen molar-refractivity contribution in [1.82, 2.24) is 5.32 Å². The maximum atomic E-state index is 11.7. The van der Waals surface area contributed by atoms with Crippen molar-refractivity contribution in [2.75, 3.05) is 13.7 Å². The minimum Gasteiger partial charge on any atom is -0.493 e. The third-order valence-corrected chi connectivity index (χ3v) is 6.25. The van der Waals surface area contributed by atoms with Crippen molar-refractivity contribution in [2.24, 2.45) is 7.05 Å². The first-order valence-electron chi connectivity index (χ1n) is 11.6. The highest BCUT2D eigenvalue weighted by molar-refractivity contribution is 5.77. The van der Waals surface area contributed by atoms with E-state index >= 15 is 0 Å². The van der Waals surface area contributed by atoms with Gasteiger partial charge in [0.05, 0.1) is 13.7 Å². The van der Waals surface area contributed by atoms with Crippen LogP contribution in [0.5, 0.6) is 11.5 Å². The van der Waals surface area contributed by atoms with Crippen LogP contribution in [0.1, 0.15) is 18.2 Å². The Morgan fingerprint density at radius 1 is 1.08 bits per heavy atom. The Labute approximate surface area is 209 Å². The molecule has 0 spiro atoms. The Balaban J connectivity index is 1.57. The third kappa shape index (κ3) is 5.34. The fourth-order valence-corrected chi connectivity index (χ4v) is 4.29. The Kier molecular flexibility index (Phi) is 7.85. The number of rotatable bonds is 7. The van der Waals surface area contributed by atoms with Crippen LogP contribution >= 0.6 is 0 Å². The molecule has 36 heavy (non-hydrogen) atoms. The van der Waals surface area contributed by atoms with Gasteiger partial charge in [-0.25, -0.2) is 0 Å². The van der Waals surface area contributed by atoms with Crippen LogP contribution in [0.3, 0.4) is 0 Å². The quantitative estimate of drug-likeness (QED) is 0.363. The lowest BCUT2D eigenvalue weighted by Gasteiger charge is -2.42. The van der Waals surface area contributed by atoms with Gasteiger partial charge in [0, 0.05) is 30.5 Å². The van der Waals surface area contributed by atoms with Crippen molar-refractivity contribution in [3.63, 3.8) is 0 Å². The number of ether oxygens (including phenoxy) is 3. The second kappa shape index (κ2) is 11.0. The summed E-state index contributed by atoms with van der Waals surface area (Å²) < 4.78 is 19.2. The summed E-state index contributed by atoms with van der Waals surface area (Å²) in [5.74, 6) is 0.290. The van der Waals surface area contributed by atoms with Gasteiger partial charge in [-0.1, -0.05) is 18.2 Å². The molecule has 0 unspecified atom stereocenters. The van der Waals surface area contributed by atoms with E-state index in [0.717, 1.165) is 22.2 Å². The van der Waals surface area contributed by atoms with E-state index in [1.54, 1.807) is 12.1 Å². The Morgan fingerprint density at radius 3 is 2.58 bits per heavy atom. The average molecular weight is 496 g/mol. The largest absolute Gasteiger partial charge is 0.493 e. The zero-order chi connectivity index (χ0) is 25.8. The topological polar surface area (TPSA) is 121 Å². The molecule has 4 N–H and O–H groups in total. The number of nitrogens with zero attached hydrogens (tertiary/aromatic N) is 1. The number of aliphatic hydroxyl groups is 3.